The van der Waals surface area contributed by atoms with Gasteiger partial charge in [-0.2, -0.15) is 0 Å². The number of amides is 1. The second kappa shape index (κ2) is 8.97. The van der Waals surface area contributed by atoms with Crippen molar-refractivity contribution in [2.45, 2.75) is 19.9 Å². The summed E-state index contributed by atoms with van der Waals surface area (Å²) in [5, 5.41) is 2.87. The summed E-state index contributed by atoms with van der Waals surface area (Å²) >= 11 is 0. The van der Waals surface area contributed by atoms with Crippen LogP contribution in [0.25, 0.3) is 0 Å². The first kappa shape index (κ1) is 17.0. The number of rotatable bonds is 6. The van der Waals surface area contributed by atoms with E-state index in [9.17, 15) is 4.79 Å². The first-order valence-corrected chi connectivity index (χ1v) is 6.69. The molecule has 21 heavy (non-hydrogen) atoms. The van der Waals surface area contributed by atoms with Gasteiger partial charge in [-0.25, -0.2) is 0 Å². The van der Waals surface area contributed by atoms with E-state index in [1.807, 2.05) is 24.3 Å². The standard InChI is InChI=1S/C16H18N2O2.ClH/c1-2-11-20-15-5-3-13(4-6-15)12-18-16(19)14-7-9-17-10-8-14;/h3-10H,2,11-12H2,1H3,(H,18,19);1H. The van der Waals surface area contributed by atoms with Crippen LogP contribution in [0.5, 0.6) is 5.75 Å². The summed E-state index contributed by atoms with van der Waals surface area (Å²) in [5.41, 5.74) is 1.65. The molecule has 0 unspecified atom stereocenters. The number of carbonyl (C=O) groups is 1. The third-order valence-electron chi connectivity index (χ3n) is 2.79. The highest BCUT2D eigenvalue weighted by Crippen LogP contribution is 2.12. The molecule has 1 aromatic heterocycles. The van der Waals surface area contributed by atoms with Crippen molar-refractivity contribution in [3.63, 3.8) is 0 Å². The van der Waals surface area contributed by atoms with Crippen molar-refractivity contribution in [1.29, 1.82) is 0 Å². The molecule has 0 spiro atoms. The van der Waals surface area contributed by atoms with Crippen molar-refractivity contribution >= 4 is 18.3 Å². The molecule has 4 nitrogen and oxygen atoms in total. The second-order valence-electron chi connectivity index (χ2n) is 4.41. The van der Waals surface area contributed by atoms with Crippen molar-refractivity contribution in [2.75, 3.05) is 6.61 Å². The summed E-state index contributed by atoms with van der Waals surface area (Å²) in [6.07, 6.45) is 4.20. The number of hydrogen-bond acceptors (Lipinski definition) is 3. The molecule has 0 saturated heterocycles. The minimum Gasteiger partial charge on any atom is -0.494 e. The van der Waals surface area contributed by atoms with Gasteiger partial charge >= 0.3 is 0 Å². The molecule has 0 saturated carbocycles. The Hall–Kier alpha value is -2.07. The van der Waals surface area contributed by atoms with Crippen LogP contribution in [0.3, 0.4) is 0 Å². The Balaban J connectivity index is 0.00000220. The number of benzene rings is 1. The average Bonchev–Trinajstić information content (AvgIpc) is 2.52. The second-order valence-corrected chi connectivity index (χ2v) is 4.41. The normalized spacial score (nSPS) is 9.57. The lowest BCUT2D eigenvalue weighted by Gasteiger charge is -2.07. The van der Waals surface area contributed by atoms with Gasteiger partial charge in [-0.15, -0.1) is 12.4 Å². The molecule has 112 valence electrons. The number of hydrogen-bond donors (Lipinski definition) is 1. The van der Waals surface area contributed by atoms with Crippen LogP contribution in [0, 0.1) is 0 Å². The van der Waals surface area contributed by atoms with E-state index >= 15 is 0 Å². The quantitative estimate of drug-likeness (QED) is 0.891. The highest BCUT2D eigenvalue weighted by atomic mass is 35.5. The summed E-state index contributed by atoms with van der Waals surface area (Å²) in [4.78, 5) is 15.7. The highest BCUT2D eigenvalue weighted by Gasteiger charge is 2.04. The van der Waals surface area contributed by atoms with E-state index in [0.29, 0.717) is 12.1 Å². The fourth-order valence-electron chi connectivity index (χ4n) is 1.71. The molecule has 1 amide bonds. The smallest absolute Gasteiger partial charge is 0.251 e. The number of nitrogens with one attached hydrogen (secondary N) is 1. The predicted octanol–water partition coefficient (Wildman–Crippen LogP) is 3.22. The maximum absolute atomic E-state index is 11.9. The van der Waals surface area contributed by atoms with E-state index in [1.54, 1.807) is 24.5 Å². The molecule has 1 N–H and O–H groups in total. The number of carbonyl (C=O) groups excluding carboxylic acids is 1. The van der Waals surface area contributed by atoms with E-state index in [-0.39, 0.29) is 18.3 Å². The molecule has 0 aliphatic carbocycles. The maximum Gasteiger partial charge on any atom is 0.251 e. The number of ether oxygens (including phenoxy) is 1. The van der Waals surface area contributed by atoms with Crippen LogP contribution in [-0.2, 0) is 6.54 Å². The average molecular weight is 307 g/mol. The number of aromatic nitrogens is 1. The van der Waals surface area contributed by atoms with Crippen LogP contribution in [0.4, 0.5) is 0 Å². The first-order valence-electron chi connectivity index (χ1n) is 6.69. The van der Waals surface area contributed by atoms with Gasteiger partial charge in [-0.3, -0.25) is 9.78 Å². The largest absolute Gasteiger partial charge is 0.494 e. The number of nitrogens with zero attached hydrogens (tertiary/aromatic N) is 1. The van der Waals surface area contributed by atoms with Gasteiger partial charge < -0.3 is 10.1 Å². The van der Waals surface area contributed by atoms with Crippen molar-refractivity contribution in [1.82, 2.24) is 10.3 Å². The minimum atomic E-state index is -0.0984. The van der Waals surface area contributed by atoms with Gasteiger partial charge in [0, 0.05) is 24.5 Å². The zero-order valence-electron chi connectivity index (χ0n) is 11.9. The third-order valence-corrected chi connectivity index (χ3v) is 2.79. The Morgan fingerprint density at radius 2 is 1.81 bits per heavy atom. The molecule has 0 fully saturated rings. The van der Waals surface area contributed by atoms with Crippen molar-refractivity contribution in [3.05, 3.63) is 59.9 Å². The van der Waals surface area contributed by atoms with Gasteiger partial charge in [0.25, 0.3) is 5.91 Å². The van der Waals surface area contributed by atoms with E-state index < -0.39 is 0 Å². The highest BCUT2D eigenvalue weighted by molar-refractivity contribution is 5.93. The molecule has 0 bridgehead atoms. The van der Waals surface area contributed by atoms with E-state index in [2.05, 4.69) is 17.2 Å². The van der Waals surface area contributed by atoms with Crippen LogP contribution in [0.15, 0.2) is 48.8 Å². The summed E-state index contributed by atoms with van der Waals surface area (Å²) in [6, 6.07) is 11.1. The molecular weight excluding hydrogens is 288 g/mol. The van der Waals surface area contributed by atoms with Crippen LogP contribution in [0.2, 0.25) is 0 Å². The number of pyridine rings is 1. The summed E-state index contributed by atoms with van der Waals surface area (Å²) in [6.45, 7) is 3.29. The molecule has 5 heteroatoms. The van der Waals surface area contributed by atoms with Gasteiger partial charge in [0.15, 0.2) is 0 Å². The maximum atomic E-state index is 11.9. The fourth-order valence-corrected chi connectivity index (χ4v) is 1.71. The summed E-state index contributed by atoms with van der Waals surface area (Å²) < 4.78 is 5.51. The first-order chi connectivity index (χ1) is 9.79. The van der Waals surface area contributed by atoms with Gasteiger partial charge in [-0.1, -0.05) is 19.1 Å². The SMILES string of the molecule is CCCOc1ccc(CNC(=O)c2ccncc2)cc1.Cl. The lowest BCUT2D eigenvalue weighted by molar-refractivity contribution is 0.0951. The molecule has 0 aliphatic rings. The lowest BCUT2D eigenvalue weighted by atomic mass is 10.2. The van der Waals surface area contributed by atoms with Crippen molar-refractivity contribution < 1.29 is 9.53 Å². The molecule has 0 atom stereocenters. The Morgan fingerprint density at radius 3 is 2.43 bits per heavy atom. The van der Waals surface area contributed by atoms with Crippen LogP contribution in [-0.4, -0.2) is 17.5 Å². The van der Waals surface area contributed by atoms with Gasteiger partial charge in [-0.05, 0) is 36.2 Å². The molecule has 1 aromatic carbocycles. The summed E-state index contributed by atoms with van der Waals surface area (Å²) in [7, 11) is 0. The molecule has 1 heterocycles. The zero-order chi connectivity index (χ0) is 14.2. The molecule has 2 aromatic rings. The monoisotopic (exact) mass is 306 g/mol. The van der Waals surface area contributed by atoms with Gasteiger partial charge in [0.05, 0.1) is 6.61 Å². The fraction of sp³-hybridized carbons (Fsp3) is 0.250. The Bertz CT molecular complexity index is 544. The summed E-state index contributed by atoms with van der Waals surface area (Å²) in [5.74, 6) is 0.759. The van der Waals surface area contributed by atoms with E-state index in [4.69, 9.17) is 4.74 Å². The topological polar surface area (TPSA) is 51.2 Å². The van der Waals surface area contributed by atoms with Crippen molar-refractivity contribution in [3.8, 4) is 5.75 Å². The Labute approximate surface area is 131 Å². The Morgan fingerprint density at radius 1 is 1.14 bits per heavy atom. The van der Waals surface area contributed by atoms with Gasteiger partial charge in [0.1, 0.15) is 5.75 Å². The number of halogens is 1. The van der Waals surface area contributed by atoms with E-state index in [0.717, 1.165) is 24.3 Å². The Kier molecular flexibility index (Phi) is 7.26. The van der Waals surface area contributed by atoms with Crippen LogP contribution >= 0.6 is 12.4 Å². The molecule has 0 radical (unpaired) electrons. The van der Waals surface area contributed by atoms with Crippen LogP contribution in [0.1, 0.15) is 29.3 Å². The predicted molar refractivity (Wildman–Crippen MR) is 84.9 cm³/mol. The van der Waals surface area contributed by atoms with E-state index in [1.165, 1.54) is 0 Å². The zero-order valence-corrected chi connectivity index (χ0v) is 12.7. The van der Waals surface area contributed by atoms with Gasteiger partial charge in [0.2, 0.25) is 0 Å². The lowest BCUT2D eigenvalue weighted by Crippen LogP contribution is -2.22. The third kappa shape index (κ3) is 5.44. The molecule has 0 aliphatic heterocycles. The van der Waals surface area contributed by atoms with Crippen molar-refractivity contribution in [2.24, 2.45) is 0 Å². The van der Waals surface area contributed by atoms with Crippen LogP contribution < -0.4 is 10.1 Å². The molecule has 2 rings (SSSR count). The minimum absolute atomic E-state index is 0. The molecular formula is C16H19ClN2O2.